The van der Waals surface area contributed by atoms with Gasteiger partial charge in [0.05, 0.1) is 13.2 Å². The second-order valence-corrected chi connectivity index (χ2v) is 11.0. The van der Waals surface area contributed by atoms with E-state index in [-0.39, 0.29) is 11.6 Å². The Labute approximate surface area is 168 Å². The molecule has 2 aromatic rings. The number of hydrogen-bond donors (Lipinski definition) is 1. The lowest BCUT2D eigenvalue weighted by molar-refractivity contribution is 0.0849. The number of ether oxygens (including phenoxy) is 1. The highest BCUT2D eigenvalue weighted by Crippen LogP contribution is 2.55. The van der Waals surface area contributed by atoms with Gasteiger partial charge < -0.3 is 9.84 Å². The maximum atomic E-state index is 12.4. The minimum absolute atomic E-state index is 0.181. The van der Waals surface area contributed by atoms with Crippen LogP contribution in [0.25, 0.3) is 0 Å². The van der Waals surface area contributed by atoms with Gasteiger partial charge >= 0.3 is 6.09 Å². The van der Waals surface area contributed by atoms with Gasteiger partial charge in [0.15, 0.2) is 0 Å². The fourth-order valence-corrected chi connectivity index (χ4v) is 8.33. The summed E-state index contributed by atoms with van der Waals surface area (Å²) in [4.78, 5) is 12.4. The molecule has 28 heavy (non-hydrogen) atoms. The Kier molecular flexibility index (Phi) is 7.09. The lowest BCUT2D eigenvalue weighted by Crippen LogP contribution is -2.38. The van der Waals surface area contributed by atoms with Gasteiger partial charge in [-0.3, -0.25) is 0 Å². The number of hydrogen-bond acceptors (Lipinski definition) is 3. The monoisotopic (exact) mass is 399 g/mol. The van der Waals surface area contributed by atoms with Crippen LogP contribution in [0.2, 0.25) is 0 Å². The van der Waals surface area contributed by atoms with Crippen molar-refractivity contribution >= 4 is 23.8 Å². The predicted octanol–water partition coefficient (Wildman–Crippen LogP) is 4.93. The topological polar surface area (TPSA) is 58.9 Å². The van der Waals surface area contributed by atoms with Crippen LogP contribution >= 0.6 is 7.05 Å². The van der Waals surface area contributed by atoms with Gasteiger partial charge in [0.1, 0.15) is 0 Å². The summed E-state index contributed by atoms with van der Waals surface area (Å²) in [6.45, 7) is 2.06. The van der Waals surface area contributed by atoms with Crippen LogP contribution in [-0.4, -0.2) is 30.1 Å². The molecule has 2 atom stereocenters. The first kappa shape index (κ1) is 20.8. The number of methoxy groups -OCH3 is 1. The van der Waals surface area contributed by atoms with Crippen molar-refractivity contribution in [3.63, 3.8) is 0 Å². The lowest BCUT2D eigenvalue weighted by Gasteiger charge is -2.38. The third kappa shape index (κ3) is 4.24. The average molecular weight is 399 g/mol. The Morgan fingerprint density at radius 3 is 1.96 bits per heavy atom. The first-order valence-corrected chi connectivity index (χ1v) is 11.9. The molecular formula is C23H30NO3P. The molecule has 0 saturated heterocycles. The summed E-state index contributed by atoms with van der Waals surface area (Å²) < 4.78 is 9.64. The number of amides is 1. The van der Waals surface area contributed by atoms with Gasteiger partial charge in [-0.1, -0.05) is 86.8 Å². The maximum Gasteiger partial charge on any atom is 0.432 e. The fraction of sp³-hybridized carbons (Fsp3) is 0.435. The van der Waals surface area contributed by atoms with Crippen LogP contribution in [-0.2, 0) is 4.74 Å². The average Bonchev–Trinajstić information content (AvgIpc) is 2.78. The number of nitrogens with zero attached hydrogens (tertiary/aromatic N) is 1. The molecule has 150 valence electrons. The Morgan fingerprint density at radius 2 is 1.50 bits per heavy atom. The van der Waals surface area contributed by atoms with Crippen molar-refractivity contribution in [1.29, 1.82) is 0 Å². The standard InChI is InChI=1S/C23H30NO3P/c1-18(22(25)19-12-6-3-7-13-19)28(24-23(26)27-2,20-14-8-4-9-15-20)21-16-10-5-11-17-21/h4-5,8-11,14-19,22,25H,3,6-7,12-13H2,1-2H3/t18-,22-/m0/s1. The minimum Gasteiger partial charge on any atom is -0.451 e. The Balaban J connectivity index is 2.20. The van der Waals surface area contributed by atoms with Crippen LogP contribution in [0, 0.1) is 5.92 Å². The summed E-state index contributed by atoms with van der Waals surface area (Å²) in [7, 11) is -1.23. The molecule has 0 spiro atoms. The molecular weight excluding hydrogens is 369 g/mol. The molecule has 3 rings (SSSR count). The van der Waals surface area contributed by atoms with Crippen LogP contribution < -0.4 is 10.6 Å². The van der Waals surface area contributed by atoms with Crippen LogP contribution in [0.1, 0.15) is 39.0 Å². The van der Waals surface area contributed by atoms with E-state index in [4.69, 9.17) is 4.74 Å². The number of aliphatic hydroxyl groups is 1. The molecule has 1 aliphatic rings. The van der Waals surface area contributed by atoms with Crippen LogP contribution in [0.4, 0.5) is 4.79 Å². The number of carbonyl (C=O) groups excluding carboxylic acids is 1. The van der Waals surface area contributed by atoms with E-state index in [1.54, 1.807) is 0 Å². The highest BCUT2D eigenvalue weighted by molar-refractivity contribution is 7.81. The fourth-order valence-electron chi connectivity index (χ4n) is 4.40. The Bertz CT molecular complexity index is 773. The summed E-state index contributed by atoms with van der Waals surface area (Å²) in [5.74, 6) is 0.253. The first-order valence-electron chi connectivity index (χ1n) is 10.1. The molecule has 1 N–H and O–H groups in total. The SMILES string of the molecule is COC(=O)N=P(c1ccccc1)(c1ccccc1)[C@@H](C)[C@H](O)C1CCCCC1. The van der Waals surface area contributed by atoms with E-state index in [1.165, 1.54) is 13.5 Å². The molecule has 5 heteroatoms. The summed E-state index contributed by atoms with van der Waals surface area (Å²) in [6, 6.07) is 19.9. The molecule has 0 radical (unpaired) electrons. The molecule has 1 amide bonds. The molecule has 1 fully saturated rings. The van der Waals surface area contributed by atoms with Gasteiger partial charge in [0, 0.05) is 12.7 Å². The third-order valence-corrected chi connectivity index (χ3v) is 10.1. The third-order valence-electron chi connectivity index (χ3n) is 5.93. The molecule has 0 bridgehead atoms. The zero-order valence-electron chi connectivity index (χ0n) is 16.7. The van der Waals surface area contributed by atoms with E-state index in [0.29, 0.717) is 0 Å². The largest absolute Gasteiger partial charge is 0.451 e. The zero-order chi connectivity index (χ0) is 20.0. The second-order valence-electron chi connectivity index (χ2n) is 7.56. The first-order chi connectivity index (χ1) is 13.6. The molecule has 0 aromatic heterocycles. The molecule has 4 nitrogen and oxygen atoms in total. The van der Waals surface area contributed by atoms with Crippen molar-refractivity contribution in [3.05, 3.63) is 60.7 Å². The summed E-state index contributed by atoms with van der Waals surface area (Å²) in [5.41, 5.74) is -0.181. The summed E-state index contributed by atoms with van der Waals surface area (Å²) >= 11 is 0. The molecule has 2 aromatic carbocycles. The van der Waals surface area contributed by atoms with E-state index < -0.39 is 19.3 Å². The van der Waals surface area contributed by atoms with Crippen molar-refractivity contribution in [2.45, 2.75) is 50.8 Å². The van der Waals surface area contributed by atoms with Gasteiger partial charge in [-0.05, 0) is 29.4 Å². The number of benzene rings is 2. The van der Waals surface area contributed by atoms with Crippen LogP contribution in [0.15, 0.2) is 65.4 Å². The Hall–Kier alpha value is -1.90. The van der Waals surface area contributed by atoms with E-state index in [9.17, 15) is 9.90 Å². The van der Waals surface area contributed by atoms with Gasteiger partial charge in [-0.25, -0.2) is 4.79 Å². The smallest absolute Gasteiger partial charge is 0.432 e. The van der Waals surface area contributed by atoms with Crippen molar-refractivity contribution in [1.82, 2.24) is 0 Å². The molecule has 1 aliphatic carbocycles. The minimum atomic E-state index is -2.59. The highest BCUT2D eigenvalue weighted by atomic mass is 31.2. The van der Waals surface area contributed by atoms with Gasteiger partial charge in [-0.2, -0.15) is 4.74 Å². The Morgan fingerprint density at radius 1 is 1.00 bits per heavy atom. The molecule has 0 unspecified atom stereocenters. The zero-order valence-corrected chi connectivity index (χ0v) is 17.6. The number of aliphatic hydroxyl groups excluding tert-OH is 1. The van der Waals surface area contributed by atoms with E-state index >= 15 is 0 Å². The predicted molar refractivity (Wildman–Crippen MR) is 116 cm³/mol. The lowest BCUT2D eigenvalue weighted by atomic mass is 9.84. The van der Waals surface area contributed by atoms with Crippen molar-refractivity contribution in [3.8, 4) is 0 Å². The van der Waals surface area contributed by atoms with Crippen molar-refractivity contribution in [2.75, 3.05) is 7.11 Å². The molecule has 0 heterocycles. The van der Waals surface area contributed by atoms with Crippen LogP contribution in [0.3, 0.4) is 0 Å². The van der Waals surface area contributed by atoms with Crippen molar-refractivity contribution < 1.29 is 14.6 Å². The summed E-state index contributed by atoms with van der Waals surface area (Å²) in [5, 5.41) is 13.4. The van der Waals surface area contributed by atoms with E-state index in [1.807, 2.05) is 60.7 Å². The molecule has 1 saturated carbocycles. The summed E-state index contributed by atoms with van der Waals surface area (Å²) in [6.07, 6.45) is 4.53. The van der Waals surface area contributed by atoms with Gasteiger partial charge in [-0.15, -0.1) is 0 Å². The van der Waals surface area contributed by atoms with E-state index in [2.05, 4.69) is 11.7 Å². The van der Waals surface area contributed by atoms with Crippen LogP contribution in [0.5, 0.6) is 0 Å². The van der Waals surface area contributed by atoms with Gasteiger partial charge in [0.25, 0.3) is 0 Å². The quantitative estimate of drug-likeness (QED) is 0.725. The van der Waals surface area contributed by atoms with E-state index in [0.717, 1.165) is 36.3 Å². The van der Waals surface area contributed by atoms with Crippen molar-refractivity contribution in [2.24, 2.45) is 10.7 Å². The van der Waals surface area contributed by atoms with Gasteiger partial charge in [0.2, 0.25) is 0 Å². The highest BCUT2D eigenvalue weighted by Gasteiger charge is 2.39. The molecule has 0 aliphatic heterocycles. The number of carbonyl (C=O) groups is 1. The normalized spacial score (nSPS) is 17.5. The maximum absolute atomic E-state index is 12.4. The number of rotatable bonds is 5. The second kappa shape index (κ2) is 9.54.